The van der Waals surface area contributed by atoms with Crippen molar-refractivity contribution in [2.75, 3.05) is 0 Å². The van der Waals surface area contributed by atoms with E-state index < -0.39 is 0 Å². The van der Waals surface area contributed by atoms with Crippen molar-refractivity contribution in [3.05, 3.63) is 23.8 Å². The topological polar surface area (TPSA) is 26.3 Å². The number of fused-ring (bicyclic) bond motifs is 5. The van der Waals surface area contributed by atoms with Crippen LogP contribution in [0.4, 0.5) is 0 Å². The Balaban J connectivity index is 0.00000115. The number of carbonyl (C=O) groups is 1. The Morgan fingerprint density at radius 2 is 1.65 bits per heavy atom. The quantitative estimate of drug-likeness (QED) is 0.260. The maximum atomic E-state index is 12.2. The standard InChI is InChI=1S/C31H50O2.2C2H6/c1-20(2)22(5)9-8-10-23-12-14-27-26-13-11-24-19-25(33-29(32)21(3)4)15-17-31(24,7)28(26)16-18-30(23,27)6;2*1-2/h8-9,11,20-23,25-28H,10,12-19H2,1-7H3;2*1-2H3/b9-8+;;. The summed E-state index contributed by atoms with van der Waals surface area (Å²) in [6, 6.07) is 0. The molecule has 0 saturated heterocycles. The first-order chi connectivity index (χ1) is 17.6. The molecule has 214 valence electrons. The summed E-state index contributed by atoms with van der Waals surface area (Å²) in [5.74, 6) is 4.80. The van der Waals surface area contributed by atoms with Gasteiger partial charge in [0.2, 0.25) is 0 Å². The van der Waals surface area contributed by atoms with Crippen LogP contribution >= 0.6 is 0 Å². The van der Waals surface area contributed by atoms with Crippen LogP contribution in [0.15, 0.2) is 23.8 Å². The molecule has 0 aromatic rings. The van der Waals surface area contributed by atoms with Crippen LogP contribution < -0.4 is 0 Å². The first-order valence-corrected chi connectivity index (χ1v) is 16.1. The van der Waals surface area contributed by atoms with E-state index in [0.717, 1.165) is 42.4 Å². The van der Waals surface area contributed by atoms with Crippen molar-refractivity contribution in [3.63, 3.8) is 0 Å². The summed E-state index contributed by atoms with van der Waals surface area (Å²) in [6.45, 7) is 24.1. The van der Waals surface area contributed by atoms with Crippen LogP contribution in [-0.4, -0.2) is 12.1 Å². The van der Waals surface area contributed by atoms with Gasteiger partial charge in [0, 0.05) is 6.42 Å². The molecular formula is C35H62O2. The molecule has 0 N–H and O–H groups in total. The molecule has 4 rings (SSSR count). The lowest BCUT2D eigenvalue weighted by Gasteiger charge is -2.58. The van der Waals surface area contributed by atoms with E-state index in [-0.39, 0.29) is 18.0 Å². The minimum Gasteiger partial charge on any atom is -0.462 e. The summed E-state index contributed by atoms with van der Waals surface area (Å²) in [5.41, 5.74) is 2.47. The Bertz CT molecular complexity index is 776. The average Bonchev–Trinajstić information content (AvgIpc) is 3.22. The van der Waals surface area contributed by atoms with E-state index in [9.17, 15) is 4.79 Å². The summed E-state index contributed by atoms with van der Waals surface area (Å²) in [6.07, 6.45) is 19.1. The molecule has 0 amide bonds. The molecule has 0 aliphatic heterocycles. The normalized spacial score (nSPS) is 37.3. The van der Waals surface area contributed by atoms with Crippen molar-refractivity contribution in [2.24, 2.45) is 52.3 Å². The van der Waals surface area contributed by atoms with E-state index in [1.165, 1.54) is 44.9 Å². The Morgan fingerprint density at radius 3 is 2.27 bits per heavy atom. The predicted octanol–water partition coefficient (Wildman–Crippen LogP) is 10.4. The van der Waals surface area contributed by atoms with E-state index >= 15 is 0 Å². The summed E-state index contributed by atoms with van der Waals surface area (Å²) < 4.78 is 5.86. The highest BCUT2D eigenvalue weighted by Crippen LogP contribution is 2.66. The predicted molar refractivity (Wildman–Crippen MR) is 160 cm³/mol. The van der Waals surface area contributed by atoms with E-state index in [1.54, 1.807) is 5.57 Å². The Hall–Kier alpha value is -1.05. The Labute approximate surface area is 231 Å². The first-order valence-electron chi connectivity index (χ1n) is 16.1. The molecule has 3 saturated carbocycles. The summed E-state index contributed by atoms with van der Waals surface area (Å²) >= 11 is 0. The minimum atomic E-state index is -0.0298. The van der Waals surface area contributed by atoms with Crippen LogP contribution in [0.2, 0.25) is 0 Å². The van der Waals surface area contributed by atoms with Crippen LogP contribution in [-0.2, 0) is 9.53 Å². The highest BCUT2D eigenvalue weighted by Gasteiger charge is 2.58. The number of rotatable bonds is 6. The molecule has 0 heterocycles. The van der Waals surface area contributed by atoms with Gasteiger partial charge in [-0.1, -0.05) is 100.0 Å². The fraction of sp³-hybridized carbons (Fsp3) is 0.857. The zero-order valence-corrected chi connectivity index (χ0v) is 26.5. The van der Waals surface area contributed by atoms with Crippen molar-refractivity contribution in [1.82, 2.24) is 0 Å². The lowest BCUT2D eigenvalue weighted by molar-refractivity contribution is -0.155. The molecule has 0 aromatic heterocycles. The van der Waals surface area contributed by atoms with Gasteiger partial charge in [-0.2, -0.15) is 0 Å². The summed E-state index contributed by atoms with van der Waals surface area (Å²) in [4.78, 5) is 12.2. The van der Waals surface area contributed by atoms with E-state index in [2.05, 4.69) is 52.8 Å². The van der Waals surface area contributed by atoms with Gasteiger partial charge >= 0.3 is 5.97 Å². The van der Waals surface area contributed by atoms with Crippen LogP contribution in [0, 0.1) is 52.3 Å². The number of ether oxygens (including phenoxy) is 1. The SMILES string of the molecule is CC.CC.CC(C)C(=O)OC1CCC2(C)C(=CCC3C2CCC2(C)C(C/C=C/C(C)C(C)C)CCC32)C1. The van der Waals surface area contributed by atoms with Gasteiger partial charge in [-0.25, -0.2) is 0 Å². The number of carbonyl (C=O) groups excluding carboxylic acids is 1. The third-order valence-corrected chi connectivity index (χ3v) is 10.9. The number of esters is 1. The fourth-order valence-corrected chi connectivity index (χ4v) is 8.20. The highest BCUT2D eigenvalue weighted by atomic mass is 16.5. The molecule has 0 radical (unpaired) electrons. The molecule has 8 unspecified atom stereocenters. The lowest BCUT2D eigenvalue weighted by atomic mass is 9.47. The second-order valence-electron chi connectivity index (χ2n) is 13.3. The van der Waals surface area contributed by atoms with Gasteiger partial charge in [-0.05, 0) is 97.7 Å². The minimum absolute atomic E-state index is 0.0276. The third-order valence-electron chi connectivity index (χ3n) is 10.9. The van der Waals surface area contributed by atoms with Crippen LogP contribution in [0.5, 0.6) is 0 Å². The molecule has 4 aliphatic rings. The third kappa shape index (κ3) is 6.75. The molecule has 2 heteroatoms. The van der Waals surface area contributed by atoms with Gasteiger partial charge in [0.05, 0.1) is 5.92 Å². The maximum Gasteiger partial charge on any atom is 0.308 e. The van der Waals surface area contributed by atoms with Gasteiger partial charge in [0.1, 0.15) is 6.10 Å². The van der Waals surface area contributed by atoms with E-state index in [1.807, 2.05) is 41.5 Å². The number of allylic oxidation sites excluding steroid dienone is 3. The van der Waals surface area contributed by atoms with E-state index in [0.29, 0.717) is 16.7 Å². The van der Waals surface area contributed by atoms with Crippen LogP contribution in [0.25, 0.3) is 0 Å². The molecule has 8 atom stereocenters. The summed E-state index contributed by atoms with van der Waals surface area (Å²) in [7, 11) is 0. The Morgan fingerprint density at radius 1 is 0.973 bits per heavy atom. The van der Waals surface area contributed by atoms with Crippen molar-refractivity contribution in [3.8, 4) is 0 Å². The van der Waals surface area contributed by atoms with Gasteiger partial charge in [-0.3, -0.25) is 4.79 Å². The van der Waals surface area contributed by atoms with Crippen molar-refractivity contribution < 1.29 is 9.53 Å². The lowest BCUT2D eigenvalue weighted by Crippen LogP contribution is -2.50. The number of hydrogen-bond acceptors (Lipinski definition) is 2. The van der Waals surface area contributed by atoms with Gasteiger partial charge in [-0.15, -0.1) is 0 Å². The van der Waals surface area contributed by atoms with Crippen molar-refractivity contribution in [1.29, 1.82) is 0 Å². The van der Waals surface area contributed by atoms with Gasteiger partial charge < -0.3 is 4.74 Å². The van der Waals surface area contributed by atoms with Crippen molar-refractivity contribution >= 4 is 5.97 Å². The Kier molecular flexibility index (Phi) is 12.0. The van der Waals surface area contributed by atoms with Crippen LogP contribution in [0.3, 0.4) is 0 Å². The molecule has 2 nitrogen and oxygen atoms in total. The highest BCUT2D eigenvalue weighted by molar-refractivity contribution is 5.71. The first kappa shape index (κ1) is 32.2. The van der Waals surface area contributed by atoms with Gasteiger partial charge in [0.25, 0.3) is 0 Å². The van der Waals surface area contributed by atoms with Gasteiger partial charge in [0.15, 0.2) is 0 Å². The maximum absolute atomic E-state index is 12.2. The summed E-state index contributed by atoms with van der Waals surface area (Å²) in [5, 5.41) is 0. The number of hydrogen-bond donors (Lipinski definition) is 0. The zero-order chi connectivity index (χ0) is 28.0. The largest absolute Gasteiger partial charge is 0.462 e. The molecule has 4 aliphatic carbocycles. The molecule has 0 aromatic carbocycles. The molecule has 0 bridgehead atoms. The fourth-order valence-electron chi connectivity index (χ4n) is 8.20. The molecule has 0 spiro atoms. The van der Waals surface area contributed by atoms with E-state index in [4.69, 9.17) is 4.74 Å². The smallest absolute Gasteiger partial charge is 0.308 e. The second-order valence-corrected chi connectivity index (χ2v) is 13.3. The average molecular weight is 515 g/mol. The van der Waals surface area contributed by atoms with Crippen LogP contribution in [0.1, 0.15) is 134 Å². The molecule has 3 fully saturated rings. The molecule has 37 heavy (non-hydrogen) atoms. The van der Waals surface area contributed by atoms with Crippen molar-refractivity contribution in [2.45, 2.75) is 140 Å². The second kappa shape index (κ2) is 13.8. The zero-order valence-electron chi connectivity index (χ0n) is 26.5. The molecular weight excluding hydrogens is 452 g/mol. The monoisotopic (exact) mass is 514 g/mol.